The van der Waals surface area contributed by atoms with E-state index in [9.17, 15) is 0 Å². The van der Waals surface area contributed by atoms with Gasteiger partial charge in [0.1, 0.15) is 5.76 Å². The lowest BCUT2D eigenvalue weighted by molar-refractivity contribution is 0.361. The van der Waals surface area contributed by atoms with E-state index in [1.54, 1.807) is 0 Å². The Balaban J connectivity index is 2.08. The van der Waals surface area contributed by atoms with Gasteiger partial charge in [-0.05, 0) is 31.9 Å². The first-order valence-corrected chi connectivity index (χ1v) is 5.18. The first-order valence-electron chi connectivity index (χ1n) is 5.18. The molecule has 1 aromatic rings. The molecule has 2 aliphatic rings. The molecule has 1 unspecified atom stereocenters. The van der Waals surface area contributed by atoms with E-state index < -0.39 is 0 Å². The first kappa shape index (κ1) is 7.63. The van der Waals surface area contributed by atoms with Crippen molar-refractivity contribution < 1.29 is 4.42 Å². The van der Waals surface area contributed by atoms with E-state index >= 15 is 0 Å². The second kappa shape index (κ2) is 2.61. The molecule has 0 saturated carbocycles. The summed E-state index contributed by atoms with van der Waals surface area (Å²) >= 11 is 0. The highest BCUT2D eigenvalue weighted by Crippen LogP contribution is 2.41. The third-order valence-corrected chi connectivity index (χ3v) is 3.62. The Morgan fingerprint density at radius 3 is 3.23 bits per heavy atom. The van der Waals surface area contributed by atoms with Gasteiger partial charge < -0.3 is 9.73 Å². The minimum atomic E-state index is 0.431. The molecule has 1 aliphatic heterocycles. The summed E-state index contributed by atoms with van der Waals surface area (Å²) in [6.45, 7) is 2.32. The van der Waals surface area contributed by atoms with Crippen molar-refractivity contribution in [2.24, 2.45) is 0 Å². The zero-order valence-corrected chi connectivity index (χ0v) is 7.81. The van der Waals surface area contributed by atoms with Crippen molar-refractivity contribution in [1.29, 1.82) is 0 Å². The molecule has 0 amide bonds. The van der Waals surface area contributed by atoms with E-state index in [1.165, 1.54) is 37.1 Å². The SMILES string of the molecule is c1cc2c(o1)CCCC21CCNC1. The van der Waals surface area contributed by atoms with Crippen LogP contribution in [0.25, 0.3) is 0 Å². The minimum absolute atomic E-state index is 0.431. The van der Waals surface area contributed by atoms with Gasteiger partial charge in [0, 0.05) is 23.9 Å². The molecule has 0 radical (unpaired) electrons. The number of furan rings is 1. The van der Waals surface area contributed by atoms with Crippen LogP contribution in [0.2, 0.25) is 0 Å². The van der Waals surface area contributed by atoms with Crippen LogP contribution in [0.15, 0.2) is 16.7 Å². The Hall–Kier alpha value is -0.760. The van der Waals surface area contributed by atoms with Crippen LogP contribution in [-0.2, 0) is 11.8 Å². The third kappa shape index (κ3) is 0.983. The lowest BCUT2D eigenvalue weighted by atomic mass is 9.72. The van der Waals surface area contributed by atoms with Crippen LogP contribution < -0.4 is 5.32 Å². The van der Waals surface area contributed by atoms with Gasteiger partial charge in [-0.3, -0.25) is 0 Å². The van der Waals surface area contributed by atoms with Gasteiger partial charge in [0.2, 0.25) is 0 Å². The van der Waals surface area contributed by atoms with Crippen molar-refractivity contribution in [2.75, 3.05) is 13.1 Å². The van der Waals surface area contributed by atoms with E-state index in [0.29, 0.717) is 5.41 Å². The van der Waals surface area contributed by atoms with Gasteiger partial charge in [0.25, 0.3) is 0 Å². The molecular formula is C11H15NO. The third-order valence-electron chi connectivity index (χ3n) is 3.62. The molecular weight excluding hydrogens is 162 g/mol. The lowest BCUT2D eigenvalue weighted by Gasteiger charge is -2.31. The zero-order valence-electron chi connectivity index (χ0n) is 7.81. The fraction of sp³-hybridized carbons (Fsp3) is 0.636. The molecule has 1 atom stereocenters. The number of rotatable bonds is 0. The van der Waals surface area contributed by atoms with Crippen molar-refractivity contribution in [1.82, 2.24) is 5.32 Å². The van der Waals surface area contributed by atoms with E-state index in [-0.39, 0.29) is 0 Å². The molecule has 3 rings (SSSR count). The molecule has 1 saturated heterocycles. The average Bonchev–Trinajstić information content (AvgIpc) is 2.74. The van der Waals surface area contributed by atoms with Crippen molar-refractivity contribution in [3.63, 3.8) is 0 Å². The van der Waals surface area contributed by atoms with Gasteiger partial charge in [0.15, 0.2) is 0 Å². The zero-order chi connectivity index (χ0) is 8.73. The highest BCUT2D eigenvalue weighted by Gasteiger charge is 2.40. The lowest BCUT2D eigenvalue weighted by Crippen LogP contribution is -2.32. The van der Waals surface area contributed by atoms with Gasteiger partial charge in [-0.1, -0.05) is 0 Å². The molecule has 1 spiro atoms. The maximum Gasteiger partial charge on any atom is 0.107 e. The second-order valence-corrected chi connectivity index (χ2v) is 4.32. The Morgan fingerprint density at radius 2 is 2.38 bits per heavy atom. The number of fused-ring (bicyclic) bond motifs is 2. The predicted molar refractivity (Wildman–Crippen MR) is 50.8 cm³/mol. The number of hydrogen-bond donors (Lipinski definition) is 1. The summed E-state index contributed by atoms with van der Waals surface area (Å²) < 4.78 is 5.51. The summed E-state index contributed by atoms with van der Waals surface area (Å²) in [5.74, 6) is 1.25. The Labute approximate surface area is 78.3 Å². The van der Waals surface area contributed by atoms with Gasteiger partial charge in [-0.15, -0.1) is 0 Å². The summed E-state index contributed by atoms with van der Waals surface area (Å²) in [4.78, 5) is 0. The highest BCUT2D eigenvalue weighted by molar-refractivity contribution is 5.32. The van der Waals surface area contributed by atoms with Crippen LogP contribution in [0.3, 0.4) is 0 Å². The molecule has 70 valence electrons. The molecule has 1 aliphatic carbocycles. The summed E-state index contributed by atoms with van der Waals surface area (Å²) in [5.41, 5.74) is 1.92. The van der Waals surface area contributed by atoms with Gasteiger partial charge in [0.05, 0.1) is 6.26 Å². The van der Waals surface area contributed by atoms with Crippen LogP contribution in [-0.4, -0.2) is 13.1 Å². The van der Waals surface area contributed by atoms with Crippen LogP contribution in [0.5, 0.6) is 0 Å². The standard InChI is InChI=1S/C11H15NO/c1-2-10-9(3-7-13-10)11(4-1)5-6-12-8-11/h3,7,12H,1-2,4-6,8H2. The molecule has 1 aromatic heterocycles. The molecule has 2 nitrogen and oxygen atoms in total. The van der Waals surface area contributed by atoms with Gasteiger partial charge in [-0.25, -0.2) is 0 Å². The number of nitrogens with one attached hydrogen (secondary N) is 1. The average molecular weight is 177 g/mol. The molecule has 2 heterocycles. The fourth-order valence-corrected chi connectivity index (χ4v) is 2.92. The number of aryl methyl sites for hydroxylation is 1. The molecule has 1 fully saturated rings. The Bertz CT molecular complexity index is 310. The molecule has 13 heavy (non-hydrogen) atoms. The monoisotopic (exact) mass is 177 g/mol. The molecule has 1 N–H and O–H groups in total. The maximum atomic E-state index is 5.51. The molecule has 0 bridgehead atoms. The van der Waals surface area contributed by atoms with Crippen molar-refractivity contribution in [2.45, 2.75) is 31.1 Å². The maximum absolute atomic E-state index is 5.51. The van der Waals surface area contributed by atoms with E-state index in [0.717, 1.165) is 13.0 Å². The normalized spacial score (nSPS) is 32.3. The predicted octanol–water partition coefficient (Wildman–Crippen LogP) is 1.85. The summed E-state index contributed by atoms with van der Waals surface area (Å²) in [5, 5.41) is 3.47. The second-order valence-electron chi connectivity index (χ2n) is 4.32. The van der Waals surface area contributed by atoms with Crippen LogP contribution >= 0.6 is 0 Å². The molecule has 2 heteroatoms. The quantitative estimate of drug-likeness (QED) is 0.654. The fourth-order valence-electron chi connectivity index (χ4n) is 2.92. The van der Waals surface area contributed by atoms with Crippen molar-refractivity contribution in [3.8, 4) is 0 Å². The summed E-state index contributed by atoms with van der Waals surface area (Å²) in [7, 11) is 0. The van der Waals surface area contributed by atoms with Crippen LogP contribution in [0.4, 0.5) is 0 Å². The Kier molecular flexibility index (Phi) is 1.53. The largest absolute Gasteiger partial charge is 0.469 e. The van der Waals surface area contributed by atoms with E-state index in [1.807, 2.05) is 6.26 Å². The summed E-state index contributed by atoms with van der Waals surface area (Å²) in [6, 6.07) is 2.18. The van der Waals surface area contributed by atoms with Gasteiger partial charge in [-0.2, -0.15) is 0 Å². The van der Waals surface area contributed by atoms with Crippen LogP contribution in [0, 0.1) is 0 Å². The minimum Gasteiger partial charge on any atom is -0.469 e. The van der Waals surface area contributed by atoms with Gasteiger partial charge >= 0.3 is 0 Å². The van der Waals surface area contributed by atoms with E-state index in [4.69, 9.17) is 4.42 Å². The van der Waals surface area contributed by atoms with Crippen molar-refractivity contribution >= 4 is 0 Å². The molecule has 0 aromatic carbocycles. The number of hydrogen-bond acceptors (Lipinski definition) is 2. The Morgan fingerprint density at radius 1 is 1.38 bits per heavy atom. The smallest absolute Gasteiger partial charge is 0.107 e. The topological polar surface area (TPSA) is 25.2 Å². The summed E-state index contributed by atoms with van der Waals surface area (Å²) in [6.07, 6.45) is 6.92. The van der Waals surface area contributed by atoms with E-state index in [2.05, 4.69) is 11.4 Å². The first-order chi connectivity index (χ1) is 6.41. The van der Waals surface area contributed by atoms with Crippen LogP contribution in [0.1, 0.15) is 30.6 Å². The highest BCUT2D eigenvalue weighted by atomic mass is 16.3. The van der Waals surface area contributed by atoms with Crippen molar-refractivity contribution in [3.05, 3.63) is 23.7 Å².